The number of hydrogen-bond donors (Lipinski definition) is 2. The van der Waals surface area contributed by atoms with Crippen molar-refractivity contribution in [2.75, 3.05) is 38.4 Å². The van der Waals surface area contributed by atoms with E-state index < -0.39 is 0 Å². The number of nitrogens with zero attached hydrogens (tertiary/aromatic N) is 4. The Labute approximate surface area is 219 Å². The van der Waals surface area contributed by atoms with E-state index in [1.165, 1.54) is 20.0 Å². The van der Waals surface area contributed by atoms with Crippen LogP contribution < -0.4 is 25.7 Å². The summed E-state index contributed by atoms with van der Waals surface area (Å²) in [7, 11) is 4.93. The third-order valence-electron chi connectivity index (χ3n) is 6.54. The number of rotatable bonds is 10. The van der Waals surface area contributed by atoms with Crippen LogP contribution >= 0.6 is 11.6 Å². The number of hydrogen-bond acceptors (Lipinski definition) is 8. The zero-order valence-electron chi connectivity index (χ0n) is 21.0. The molecule has 0 unspecified atom stereocenters. The monoisotopic (exact) mass is 520 g/mol. The molecule has 1 aliphatic rings. The Morgan fingerprint density at radius 1 is 1.08 bits per heavy atom. The lowest BCUT2D eigenvalue weighted by molar-refractivity contribution is 0.395. The Bertz CT molecular complexity index is 1480. The highest BCUT2D eigenvalue weighted by molar-refractivity contribution is 6.35. The third kappa shape index (κ3) is 5.32. The summed E-state index contributed by atoms with van der Waals surface area (Å²) >= 11 is 6.67. The summed E-state index contributed by atoms with van der Waals surface area (Å²) in [6.45, 7) is 1.21. The van der Waals surface area contributed by atoms with Crippen LogP contribution in [-0.4, -0.2) is 47.3 Å². The zero-order chi connectivity index (χ0) is 25.9. The number of fused-ring (bicyclic) bond motifs is 1. The number of pyridine rings is 2. The van der Waals surface area contributed by atoms with E-state index in [9.17, 15) is 4.79 Å². The highest BCUT2D eigenvalue weighted by atomic mass is 35.5. The zero-order valence-corrected chi connectivity index (χ0v) is 21.8. The molecule has 1 saturated carbocycles. The van der Waals surface area contributed by atoms with Crippen molar-refractivity contribution in [1.29, 1.82) is 0 Å². The summed E-state index contributed by atoms with van der Waals surface area (Å²) in [5.41, 5.74) is 3.06. The summed E-state index contributed by atoms with van der Waals surface area (Å²) in [6, 6.07) is 9.11. The molecule has 37 heavy (non-hydrogen) atoms. The van der Waals surface area contributed by atoms with Crippen molar-refractivity contribution in [2.24, 2.45) is 5.92 Å². The van der Waals surface area contributed by atoms with Crippen molar-refractivity contribution in [3.05, 3.63) is 63.8 Å². The van der Waals surface area contributed by atoms with Crippen LogP contribution in [0.15, 0.2) is 47.5 Å². The van der Waals surface area contributed by atoms with Gasteiger partial charge in [-0.1, -0.05) is 11.6 Å². The topological polar surface area (TPSA) is 103 Å². The second kappa shape index (κ2) is 10.6. The maximum absolute atomic E-state index is 14.0. The van der Waals surface area contributed by atoms with E-state index >= 15 is 0 Å². The Hall–Kier alpha value is -3.85. The van der Waals surface area contributed by atoms with Crippen LogP contribution in [0.5, 0.6) is 11.5 Å². The molecule has 3 heterocycles. The molecule has 3 aromatic heterocycles. The van der Waals surface area contributed by atoms with Crippen LogP contribution in [-0.2, 0) is 13.0 Å². The highest BCUT2D eigenvalue weighted by Crippen LogP contribution is 2.38. The predicted octanol–water partition coefficient (Wildman–Crippen LogP) is 4.63. The second-order valence-corrected chi connectivity index (χ2v) is 9.42. The molecule has 9 nitrogen and oxygen atoms in total. The van der Waals surface area contributed by atoms with Gasteiger partial charge in [-0.25, -0.2) is 4.98 Å². The number of methoxy groups -OCH3 is 2. The minimum atomic E-state index is -0.219. The molecule has 0 atom stereocenters. The van der Waals surface area contributed by atoms with Gasteiger partial charge in [-0.15, -0.1) is 0 Å². The van der Waals surface area contributed by atoms with Crippen LogP contribution in [0, 0.1) is 5.92 Å². The lowest BCUT2D eigenvalue weighted by Gasteiger charge is -2.16. The molecule has 10 heteroatoms. The van der Waals surface area contributed by atoms with Crippen molar-refractivity contribution < 1.29 is 9.47 Å². The Kier molecular flexibility index (Phi) is 7.14. The van der Waals surface area contributed by atoms with Gasteiger partial charge in [0.25, 0.3) is 5.56 Å². The van der Waals surface area contributed by atoms with Gasteiger partial charge < -0.3 is 20.1 Å². The Morgan fingerprint density at radius 2 is 1.92 bits per heavy atom. The van der Waals surface area contributed by atoms with Crippen LogP contribution in [0.2, 0.25) is 5.02 Å². The first-order chi connectivity index (χ1) is 18.0. The molecule has 5 rings (SSSR count). The van der Waals surface area contributed by atoms with Gasteiger partial charge in [0.15, 0.2) is 0 Å². The van der Waals surface area contributed by atoms with Gasteiger partial charge in [0.2, 0.25) is 5.95 Å². The number of benzene rings is 1. The quantitative estimate of drug-likeness (QED) is 0.312. The normalized spacial score (nSPS) is 13.0. The standard InChI is InChI=1S/C27H29ClN6O3/c1-29-19-7-6-18(30-15-19)8-9-34-25-17(14-32-27(33-25)31-13-16-4-5-16)10-22(26(34)35)21-11-20(36-2)12-23(37-3)24(21)28/h6-7,10-12,14-16,29H,4-5,8-9,13H2,1-3H3,(H,31,32,33). The fraction of sp³-hybridized carbons (Fsp3) is 0.333. The predicted molar refractivity (Wildman–Crippen MR) is 146 cm³/mol. The van der Waals surface area contributed by atoms with Gasteiger partial charge in [-0.3, -0.25) is 14.3 Å². The van der Waals surface area contributed by atoms with Gasteiger partial charge in [0.05, 0.1) is 31.1 Å². The van der Waals surface area contributed by atoms with Gasteiger partial charge in [-0.2, -0.15) is 4.98 Å². The molecule has 0 bridgehead atoms. The van der Waals surface area contributed by atoms with Crippen molar-refractivity contribution in [3.8, 4) is 22.6 Å². The number of aromatic nitrogens is 4. The maximum Gasteiger partial charge on any atom is 0.260 e. The maximum atomic E-state index is 14.0. The minimum absolute atomic E-state index is 0.219. The van der Waals surface area contributed by atoms with E-state index in [1.54, 1.807) is 42.3 Å². The van der Waals surface area contributed by atoms with Gasteiger partial charge in [0.1, 0.15) is 17.1 Å². The molecule has 2 N–H and O–H groups in total. The molecule has 4 aromatic rings. The fourth-order valence-electron chi connectivity index (χ4n) is 4.18. The number of halogens is 1. The molecule has 1 aromatic carbocycles. The van der Waals surface area contributed by atoms with Crippen LogP contribution in [0.25, 0.3) is 22.2 Å². The minimum Gasteiger partial charge on any atom is -0.497 e. The van der Waals surface area contributed by atoms with Crippen LogP contribution in [0.4, 0.5) is 11.6 Å². The van der Waals surface area contributed by atoms with Gasteiger partial charge in [0, 0.05) is 61.0 Å². The number of aryl methyl sites for hydroxylation is 2. The second-order valence-electron chi connectivity index (χ2n) is 9.04. The lowest BCUT2D eigenvalue weighted by Crippen LogP contribution is -2.24. The molecular weight excluding hydrogens is 492 g/mol. The summed E-state index contributed by atoms with van der Waals surface area (Å²) in [6.07, 6.45) is 6.50. The summed E-state index contributed by atoms with van der Waals surface area (Å²) in [4.78, 5) is 27.7. The molecule has 192 valence electrons. The molecule has 0 saturated heterocycles. The first-order valence-corrected chi connectivity index (χ1v) is 12.6. The SMILES string of the molecule is CNc1ccc(CCn2c(=O)c(-c3cc(OC)cc(OC)c3Cl)cc3cnc(NCC4CC4)nc32)nc1. The average molecular weight is 521 g/mol. The van der Waals surface area contributed by atoms with Crippen LogP contribution in [0.3, 0.4) is 0 Å². The van der Waals surface area contributed by atoms with E-state index in [2.05, 4.69) is 20.6 Å². The van der Waals surface area contributed by atoms with Crippen LogP contribution in [0.1, 0.15) is 18.5 Å². The molecule has 0 spiro atoms. The van der Waals surface area contributed by atoms with E-state index in [0.717, 1.165) is 23.3 Å². The fourth-order valence-corrected chi connectivity index (χ4v) is 4.47. The van der Waals surface area contributed by atoms with E-state index in [1.807, 2.05) is 19.2 Å². The lowest BCUT2D eigenvalue weighted by atomic mass is 10.0. The summed E-state index contributed by atoms with van der Waals surface area (Å²) in [5.74, 6) is 2.14. The first kappa shape index (κ1) is 24.8. The number of anilines is 2. The third-order valence-corrected chi connectivity index (χ3v) is 6.93. The van der Waals surface area contributed by atoms with Crippen molar-refractivity contribution in [1.82, 2.24) is 19.5 Å². The molecule has 0 amide bonds. The number of ether oxygens (including phenoxy) is 2. The largest absolute Gasteiger partial charge is 0.497 e. The average Bonchev–Trinajstić information content (AvgIpc) is 3.76. The Balaban J connectivity index is 1.61. The van der Waals surface area contributed by atoms with E-state index in [0.29, 0.717) is 58.1 Å². The highest BCUT2D eigenvalue weighted by Gasteiger charge is 2.22. The summed E-state index contributed by atoms with van der Waals surface area (Å²) < 4.78 is 12.5. The number of nitrogens with one attached hydrogen (secondary N) is 2. The molecular formula is C27H29ClN6O3. The summed E-state index contributed by atoms with van der Waals surface area (Å²) in [5, 5.41) is 7.43. The first-order valence-electron chi connectivity index (χ1n) is 12.2. The van der Waals surface area contributed by atoms with Gasteiger partial charge >= 0.3 is 0 Å². The Morgan fingerprint density at radius 3 is 2.59 bits per heavy atom. The van der Waals surface area contributed by atoms with Crippen molar-refractivity contribution >= 4 is 34.3 Å². The molecule has 1 fully saturated rings. The van der Waals surface area contributed by atoms with Gasteiger partial charge in [-0.05, 0) is 43.0 Å². The molecule has 0 aliphatic heterocycles. The smallest absolute Gasteiger partial charge is 0.260 e. The molecule has 0 radical (unpaired) electrons. The van der Waals surface area contributed by atoms with E-state index in [4.69, 9.17) is 26.1 Å². The van der Waals surface area contributed by atoms with Crippen molar-refractivity contribution in [2.45, 2.75) is 25.8 Å². The van der Waals surface area contributed by atoms with Crippen molar-refractivity contribution in [3.63, 3.8) is 0 Å². The van der Waals surface area contributed by atoms with E-state index in [-0.39, 0.29) is 5.56 Å². The molecule has 1 aliphatic carbocycles.